The average Bonchev–Trinajstić information content (AvgIpc) is 3.75. The molecule has 0 spiro atoms. The van der Waals surface area contributed by atoms with Gasteiger partial charge < -0.3 is 39.2 Å². The molecule has 3 heterocycles. The minimum atomic E-state index is -1.04. The molecule has 55 heavy (non-hydrogen) atoms. The van der Waals surface area contributed by atoms with Crippen LogP contribution in [0.5, 0.6) is 0 Å². The van der Waals surface area contributed by atoms with E-state index in [0.717, 1.165) is 24.0 Å². The highest BCUT2D eigenvalue weighted by molar-refractivity contribution is 6.47. The third kappa shape index (κ3) is 7.71. The maximum absolute atomic E-state index is 14.6. The lowest BCUT2D eigenvalue weighted by Gasteiger charge is -2.64. The van der Waals surface area contributed by atoms with Gasteiger partial charge in [0.15, 0.2) is 0 Å². The van der Waals surface area contributed by atoms with Crippen LogP contribution in [0.2, 0.25) is 0 Å². The van der Waals surface area contributed by atoms with Gasteiger partial charge in [-0.05, 0) is 72.0 Å². The van der Waals surface area contributed by atoms with Crippen LogP contribution in [-0.4, -0.2) is 89.8 Å². The Hall–Kier alpha value is -4.10. The Labute approximate surface area is 325 Å². The third-order valence-corrected chi connectivity index (χ3v) is 13.2. The molecule has 2 saturated heterocycles. The fraction of sp³-hybridized carbons (Fsp3) is 0.619. The molecule has 2 aromatic carbocycles. The first-order valence-corrected chi connectivity index (χ1v) is 20.0. The number of carbonyl (C=O) groups is 4. The van der Waals surface area contributed by atoms with E-state index in [1.807, 2.05) is 76.2 Å². The van der Waals surface area contributed by atoms with Crippen molar-refractivity contribution in [1.82, 2.24) is 20.4 Å². The van der Waals surface area contributed by atoms with Crippen LogP contribution in [0.3, 0.4) is 0 Å². The van der Waals surface area contributed by atoms with E-state index in [0.29, 0.717) is 37.8 Å². The van der Waals surface area contributed by atoms with E-state index in [9.17, 15) is 19.2 Å². The molecular formula is C42H57BN4O8. The Morgan fingerprint density at radius 1 is 0.964 bits per heavy atom. The second-order valence-electron chi connectivity index (χ2n) is 18.1. The lowest BCUT2D eigenvalue weighted by atomic mass is 9.43. The molecule has 8 rings (SSSR count). The summed E-state index contributed by atoms with van der Waals surface area (Å²) in [4.78, 5) is 58.8. The first-order chi connectivity index (χ1) is 26.1. The van der Waals surface area contributed by atoms with Gasteiger partial charge in [0, 0.05) is 19.5 Å². The summed E-state index contributed by atoms with van der Waals surface area (Å²) in [5.74, 6) is -0.356. The number of ether oxygens (including phenoxy) is 2. The summed E-state index contributed by atoms with van der Waals surface area (Å²) in [7, 11) is -0.636. The molecule has 12 nitrogen and oxygen atoms in total. The predicted octanol–water partition coefficient (Wildman–Crippen LogP) is 5.65. The largest absolute Gasteiger partial charge is 0.481 e. The molecule has 296 valence electrons. The molecule has 8 atom stereocenters. The number of hydrogen-bond acceptors (Lipinski definition) is 8. The van der Waals surface area contributed by atoms with Gasteiger partial charge in [-0.2, -0.15) is 0 Å². The SMILES string of the molecule is CC[C@H](NC(=O)[C@@H]1C[C@@H](OC(=O)N2CCc3ccccc3C2)CN1C(=O)[C@@H](NC(=O)OCc1ccccc1)C(C)(C)C)B1O[C@@H]2C[C@@H]3C[C@@H](C3(C)C)[C@]2(C)O1. The number of hydrogen-bond donors (Lipinski definition) is 2. The van der Waals surface area contributed by atoms with Crippen molar-refractivity contribution >= 4 is 31.1 Å². The normalized spacial score (nSPS) is 28.9. The summed E-state index contributed by atoms with van der Waals surface area (Å²) >= 11 is 0. The van der Waals surface area contributed by atoms with Crippen molar-refractivity contribution in [3.63, 3.8) is 0 Å². The van der Waals surface area contributed by atoms with Crippen LogP contribution in [-0.2, 0) is 47.9 Å². The minimum Gasteiger partial charge on any atom is -0.445 e. The zero-order valence-electron chi connectivity index (χ0n) is 33.3. The van der Waals surface area contributed by atoms with Gasteiger partial charge in [0.05, 0.1) is 24.2 Å². The molecule has 13 heteroatoms. The zero-order chi connectivity index (χ0) is 39.3. The Balaban J connectivity index is 1.07. The molecule has 2 N–H and O–H groups in total. The highest BCUT2D eigenvalue weighted by Crippen LogP contribution is 2.65. The molecule has 4 amide bonds. The fourth-order valence-corrected chi connectivity index (χ4v) is 9.65. The lowest BCUT2D eigenvalue weighted by molar-refractivity contribution is -0.199. The standard InChI is InChI=1S/C42H57BN4O8/c1-8-34(43-54-33-21-29-20-32(41(29,5)6)42(33,7)55-43)44-36(48)31-22-30(53-39(51)46-19-18-27-16-12-13-17-28(27)23-46)24-47(31)37(49)35(40(2,3)4)45-38(50)52-25-26-14-10-9-11-15-26/h9-17,29-35H,8,18-25H2,1-7H3,(H,44,48)(H,45,50)/t29-,30+,31-,32-,33+,34-,35+,42-/m0/s1. The average molecular weight is 757 g/mol. The number of nitrogens with zero attached hydrogens (tertiary/aromatic N) is 2. The second-order valence-corrected chi connectivity index (χ2v) is 18.1. The van der Waals surface area contributed by atoms with Crippen molar-refractivity contribution in [2.45, 2.75) is 130 Å². The fourth-order valence-electron chi connectivity index (χ4n) is 9.65. The molecule has 3 saturated carbocycles. The van der Waals surface area contributed by atoms with Gasteiger partial charge in [-0.3, -0.25) is 9.59 Å². The van der Waals surface area contributed by atoms with Gasteiger partial charge >= 0.3 is 19.3 Å². The Bertz CT molecular complexity index is 1770. The number of benzene rings is 2. The van der Waals surface area contributed by atoms with Crippen molar-refractivity contribution in [3.8, 4) is 0 Å². The van der Waals surface area contributed by atoms with Crippen molar-refractivity contribution < 1.29 is 38.0 Å². The van der Waals surface area contributed by atoms with Gasteiger partial charge in [-0.15, -0.1) is 0 Å². The van der Waals surface area contributed by atoms with Crippen molar-refractivity contribution in [2.75, 3.05) is 13.1 Å². The summed E-state index contributed by atoms with van der Waals surface area (Å²) in [5.41, 5.74) is 2.07. The topological polar surface area (TPSA) is 136 Å². The van der Waals surface area contributed by atoms with Gasteiger partial charge in [-0.25, -0.2) is 9.59 Å². The van der Waals surface area contributed by atoms with E-state index in [4.69, 9.17) is 18.8 Å². The molecule has 0 aromatic heterocycles. The molecule has 0 unspecified atom stereocenters. The molecule has 3 aliphatic heterocycles. The highest BCUT2D eigenvalue weighted by atomic mass is 16.7. The highest BCUT2D eigenvalue weighted by Gasteiger charge is 2.68. The Morgan fingerprint density at radius 2 is 1.67 bits per heavy atom. The van der Waals surface area contributed by atoms with Crippen LogP contribution >= 0.6 is 0 Å². The van der Waals surface area contributed by atoms with Crippen LogP contribution in [0.4, 0.5) is 9.59 Å². The lowest BCUT2D eigenvalue weighted by Crippen LogP contribution is -2.65. The van der Waals surface area contributed by atoms with Gasteiger partial charge in [0.25, 0.3) is 0 Å². The van der Waals surface area contributed by atoms with Crippen LogP contribution in [0, 0.1) is 22.7 Å². The van der Waals surface area contributed by atoms with Crippen LogP contribution in [0.1, 0.15) is 90.8 Å². The molecule has 3 aliphatic carbocycles. The van der Waals surface area contributed by atoms with Gasteiger partial charge in [0.2, 0.25) is 11.8 Å². The number of fused-ring (bicyclic) bond motifs is 1. The van der Waals surface area contributed by atoms with Crippen molar-refractivity contribution in [2.24, 2.45) is 22.7 Å². The Morgan fingerprint density at radius 3 is 2.36 bits per heavy atom. The summed E-state index contributed by atoms with van der Waals surface area (Å²) in [6.07, 6.45) is 1.38. The van der Waals surface area contributed by atoms with Crippen LogP contribution < -0.4 is 10.6 Å². The van der Waals surface area contributed by atoms with E-state index < -0.39 is 60.4 Å². The van der Waals surface area contributed by atoms with E-state index in [2.05, 4.69) is 37.5 Å². The number of alkyl carbamates (subject to hydrolysis) is 1. The molecule has 0 radical (unpaired) electrons. The smallest absolute Gasteiger partial charge is 0.445 e. The van der Waals surface area contributed by atoms with E-state index in [-0.39, 0.29) is 37.0 Å². The van der Waals surface area contributed by atoms with E-state index in [1.54, 1.807) is 4.90 Å². The zero-order valence-corrected chi connectivity index (χ0v) is 33.3. The predicted molar refractivity (Wildman–Crippen MR) is 206 cm³/mol. The first-order valence-electron chi connectivity index (χ1n) is 20.0. The van der Waals surface area contributed by atoms with Crippen LogP contribution in [0.15, 0.2) is 54.6 Å². The third-order valence-electron chi connectivity index (χ3n) is 13.2. The van der Waals surface area contributed by atoms with E-state index in [1.165, 1.54) is 10.5 Å². The molecule has 6 aliphatic rings. The number of carbonyl (C=O) groups excluding carboxylic acids is 4. The second kappa shape index (κ2) is 15.1. The maximum atomic E-state index is 14.6. The summed E-state index contributed by atoms with van der Waals surface area (Å²) in [5, 5.41) is 5.95. The summed E-state index contributed by atoms with van der Waals surface area (Å²) in [6, 6.07) is 15.3. The number of rotatable bonds is 9. The maximum Gasteiger partial charge on any atom is 0.481 e. The van der Waals surface area contributed by atoms with Gasteiger partial charge in [0.1, 0.15) is 24.8 Å². The van der Waals surface area contributed by atoms with Crippen LogP contribution in [0.25, 0.3) is 0 Å². The van der Waals surface area contributed by atoms with Crippen molar-refractivity contribution in [3.05, 3.63) is 71.3 Å². The number of likely N-dealkylation sites (tertiary alicyclic amines) is 1. The number of amides is 4. The monoisotopic (exact) mass is 756 g/mol. The molecule has 2 aromatic rings. The summed E-state index contributed by atoms with van der Waals surface area (Å²) < 4.78 is 24.8. The molecular weight excluding hydrogens is 699 g/mol. The van der Waals surface area contributed by atoms with Gasteiger partial charge in [-0.1, -0.05) is 96.1 Å². The van der Waals surface area contributed by atoms with E-state index >= 15 is 0 Å². The molecule has 5 fully saturated rings. The quantitative estimate of drug-likeness (QED) is 0.314. The summed E-state index contributed by atoms with van der Waals surface area (Å²) in [6.45, 7) is 15.2. The molecule has 2 bridgehead atoms. The Kier molecular flexibility index (Phi) is 10.7. The number of nitrogens with one attached hydrogen (secondary N) is 2. The first kappa shape index (κ1) is 39.2. The van der Waals surface area contributed by atoms with Crippen molar-refractivity contribution in [1.29, 1.82) is 0 Å². The minimum absolute atomic E-state index is 0.00801.